The lowest BCUT2D eigenvalue weighted by Crippen LogP contribution is -2.55. The maximum atomic E-state index is 12.7. The molecule has 0 saturated carbocycles. The summed E-state index contributed by atoms with van der Waals surface area (Å²) in [6.45, 7) is 4.58. The van der Waals surface area contributed by atoms with Gasteiger partial charge in [0.15, 0.2) is 6.10 Å². The molecule has 0 radical (unpaired) electrons. The summed E-state index contributed by atoms with van der Waals surface area (Å²) in [7, 11) is 5.42. The number of allylic oxidation sites excluding steroid dienone is 6. The second kappa shape index (κ2) is 42.2. The number of carboxylic acid groups (broad SMARTS) is 1. The van der Waals surface area contributed by atoms with E-state index in [0.29, 0.717) is 12.8 Å². The first-order valence-electron chi connectivity index (χ1n) is 24.5. The van der Waals surface area contributed by atoms with Crippen LogP contribution < -0.4 is 5.11 Å². The molecule has 59 heavy (non-hydrogen) atoms. The Kier molecular flexibility index (Phi) is 40.5. The van der Waals surface area contributed by atoms with Gasteiger partial charge in [0.1, 0.15) is 12.6 Å². The van der Waals surface area contributed by atoms with Crippen molar-refractivity contribution in [3.05, 3.63) is 36.5 Å². The van der Waals surface area contributed by atoms with Crippen LogP contribution in [0, 0.1) is 0 Å². The summed E-state index contributed by atoms with van der Waals surface area (Å²) in [6.07, 6.45) is 48.8. The summed E-state index contributed by atoms with van der Waals surface area (Å²) >= 11 is 0. The number of aliphatic carboxylic acids is 1. The molecular formula is C51H93NO7. The Hall–Kier alpha value is -2.45. The predicted molar refractivity (Wildman–Crippen MR) is 245 cm³/mol. The molecule has 0 saturated heterocycles. The van der Waals surface area contributed by atoms with E-state index in [2.05, 4.69) is 50.3 Å². The molecule has 0 aromatic heterocycles. The van der Waals surface area contributed by atoms with E-state index >= 15 is 0 Å². The van der Waals surface area contributed by atoms with Crippen LogP contribution >= 0.6 is 0 Å². The van der Waals surface area contributed by atoms with Gasteiger partial charge in [-0.15, -0.1) is 0 Å². The van der Waals surface area contributed by atoms with Crippen molar-refractivity contribution in [2.24, 2.45) is 0 Å². The monoisotopic (exact) mass is 832 g/mol. The van der Waals surface area contributed by atoms with E-state index in [1.54, 1.807) is 21.1 Å². The standard InChI is InChI=1S/C51H93NO7/c1-6-8-10-12-14-16-18-20-22-23-24-25-26-28-29-31-33-35-37-39-41-49(53)58-46-47(45-57-44-43-48(51(55)56)52(3,4)5)59-50(54)42-40-38-36-34-32-30-27-21-19-17-15-13-11-9-7-2/h8,10,14,16,20,22,47-48H,6-7,9,11-13,15,17-19,21,23-46H2,1-5H3/b10-8+,16-14+,22-20+. The van der Waals surface area contributed by atoms with Crippen molar-refractivity contribution in [1.82, 2.24) is 0 Å². The number of rotatable bonds is 44. The molecule has 0 bridgehead atoms. The van der Waals surface area contributed by atoms with Gasteiger partial charge in [0.05, 0.1) is 40.3 Å². The number of hydrogen-bond acceptors (Lipinski definition) is 7. The highest BCUT2D eigenvalue weighted by molar-refractivity contribution is 5.70. The van der Waals surface area contributed by atoms with Gasteiger partial charge in [0.25, 0.3) is 0 Å². The van der Waals surface area contributed by atoms with Crippen molar-refractivity contribution < 1.29 is 38.2 Å². The number of likely N-dealkylation sites (N-methyl/N-ethyl adjacent to an activating group) is 1. The van der Waals surface area contributed by atoms with Crippen LogP contribution in [0.2, 0.25) is 0 Å². The van der Waals surface area contributed by atoms with Crippen LogP contribution in [0.5, 0.6) is 0 Å². The molecular weight excluding hydrogens is 739 g/mol. The molecule has 0 N–H and O–H groups in total. The summed E-state index contributed by atoms with van der Waals surface area (Å²) < 4.78 is 17.2. The summed E-state index contributed by atoms with van der Waals surface area (Å²) in [4.78, 5) is 37.0. The van der Waals surface area contributed by atoms with Gasteiger partial charge >= 0.3 is 11.9 Å². The number of hydrogen-bond donors (Lipinski definition) is 0. The molecule has 0 amide bonds. The molecule has 0 aliphatic rings. The van der Waals surface area contributed by atoms with Crippen molar-refractivity contribution >= 4 is 17.9 Å². The van der Waals surface area contributed by atoms with Crippen LogP contribution in [-0.2, 0) is 28.6 Å². The number of unbranched alkanes of at least 4 members (excludes halogenated alkanes) is 24. The van der Waals surface area contributed by atoms with Crippen molar-refractivity contribution in [3.63, 3.8) is 0 Å². The van der Waals surface area contributed by atoms with E-state index in [1.807, 2.05) is 0 Å². The molecule has 0 aromatic carbocycles. The van der Waals surface area contributed by atoms with Crippen LogP contribution in [0.25, 0.3) is 0 Å². The molecule has 0 rings (SSSR count). The lowest BCUT2D eigenvalue weighted by atomic mass is 10.0. The van der Waals surface area contributed by atoms with Gasteiger partial charge in [-0.1, -0.05) is 192 Å². The summed E-state index contributed by atoms with van der Waals surface area (Å²) in [6, 6.07) is -0.724. The lowest BCUT2D eigenvalue weighted by molar-refractivity contribution is -0.889. The fraction of sp³-hybridized carbons (Fsp3) is 0.824. The van der Waals surface area contributed by atoms with Gasteiger partial charge in [-0.2, -0.15) is 0 Å². The maximum Gasteiger partial charge on any atom is 0.306 e. The fourth-order valence-electron chi connectivity index (χ4n) is 7.26. The van der Waals surface area contributed by atoms with Crippen molar-refractivity contribution in [3.8, 4) is 0 Å². The summed E-state index contributed by atoms with van der Waals surface area (Å²) in [5.41, 5.74) is 0. The van der Waals surface area contributed by atoms with Gasteiger partial charge in [-0.25, -0.2) is 0 Å². The van der Waals surface area contributed by atoms with Crippen molar-refractivity contribution in [2.45, 2.75) is 231 Å². The van der Waals surface area contributed by atoms with Crippen LogP contribution in [0.4, 0.5) is 0 Å². The van der Waals surface area contributed by atoms with E-state index in [0.717, 1.165) is 57.8 Å². The Labute approximate surface area is 364 Å². The average molecular weight is 832 g/mol. The Morgan fingerprint density at radius 3 is 1.41 bits per heavy atom. The highest BCUT2D eigenvalue weighted by Gasteiger charge is 2.25. The number of esters is 2. The molecule has 8 heteroatoms. The second-order valence-corrected chi connectivity index (χ2v) is 17.7. The molecule has 8 nitrogen and oxygen atoms in total. The third-order valence-electron chi connectivity index (χ3n) is 11.0. The third-order valence-corrected chi connectivity index (χ3v) is 11.0. The molecule has 0 spiro atoms. The number of quaternary nitrogens is 1. The molecule has 0 aliphatic carbocycles. The SMILES string of the molecule is CC/C=C/C/C=C/C/C=C/CCCCCCCCCCCCC(=O)OCC(COCCC(C(=O)[O-])[N+](C)(C)C)OC(=O)CCCCCCCCCCCCCCCCC. The zero-order valence-corrected chi connectivity index (χ0v) is 39.2. The largest absolute Gasteiger partial charge is 0.544 e. The minimum Gasteiger partial charge on any atom is -0.544 e. The average Bonchev–Trinajstić information content (AvgIpc) is 3.19. The molecule has 2 unspecified atom stereocenters. The quantitative estimate of drug-likeness (QED) is 0.0261. The first kappa shape index (κ1) is 56.5. The van der Waals surface area contributed by atoms with Gasteiger partial charge in [-0.05, 0) is 44.9 Å². The summed E-state index contributed by atoms with van der Waals surface area (Å²) in [5.74, 6) is -1.73. The van der Waals surface area contributed by atoms with Crippen LogP contribution in [0.15, 0.2) is 36.5 Å². The van der Waals surface area contributed by atoms with Gasteiger partial charge < -0.3 is 28.6 Å². The molecule has 0 heterocycles. The van der Waals surface area contributed by atoms with E-state index in [1.165, 1.54) is 128 Å². The second-order valence-electron chi connectivity index (χ2n) is 17.7. The van der Waals surface area contributed by atoms with Crippen molar-refractivity contribution in [1.29, 1.82) is 0 Å². The number of carboxylic acids is 1. The summed E-state index contributed by atoms with van der Waals surface area (Å²) in [5, 5.41) is 11.6. The molecule has 0 fully saturated rings. The first-order valence-corrected chi connectivity index (χ1v) is 24.5. The van der Waals surface area contributed by atoms with Crippen LogP contribution in [-0.4, -0.2) is 75.5 Å². The highest BCUT2D eigenvalue weighted by atomic mass is 16.6. The molecule has 0 aliphatic heterocycles. The normalized spacial score (nSPS) is 13.2. The Bertz CT molecular complexity index is 1060. The topological polar surface area (TPSA) is 102 Å². The minimum absolute atomic E-state index is 0.0429. The van der Waals surface area contributed by atoms with Crippen LogP contribution in [0.1, 0.15) is 219 Å². The first-order chi connectivity index (χ1) is 28.6. The van der Waals surface area contributed by atoms with E-state index in [9.17, 15) is 19.5 Å². The van der Waals surface area contributed by atoms with Gasteiger partial charge in [-0.3, -0.25) is 9.59 Å². The number of ether oxygens (including phenoxy) is 3. The molecule has 2 atom stereocenters. The van der Waals surface area contributed by atoms with E-state index < -0.39 is 18.1 Å². The Morgan fingerprint density at radius 2 is 0.949 bits per heavy atom. The van der Waals surface area contributed by atoms with E-state index in [-0.39, 0.29) is 42.7 Å². The predicted octanol–water partition coefficient (Wildman–Crippen LogP) is 12.5. The Morgan fingerprint density at radius 1 is 0.525 bits per heavy atom. The zero-order chi connectivity index (χ0) is 43.5. The van der Waals surface area contributed by atoms with Crippen LogP contribution in [0.3, 0.4) is 0 Å². The van der Waals surface area contributed by atoms with Gasteiger partial charge in [0.2, 0.25) is 0 Å². The number of carbonyl (C=O) groups is 3. The number of carbonyl (C=O) groups excluding carboxylic acids is 3. The number of nitrogens with zero attached hydrogens (tertiary/aromatic N) is 1. The molecule has 344 valence electrons. The highest BCUT2D eigenvalue weighted by Crippen LogP contribution is 2.16. The van der Waals surface area contributed by atoms with Crippen molar-refractivity contribution in [2.75, 3.05) is 41.0 Å². The maximum absolute atomic E-state index is 12.7. The van der Waals surface area contributed by atoms with E-state index in [4.69, 9.17) is 14.2 Å². The lowest BCUT2D eigenvalue weighted by Gasteiger charge is -2.34. The Balaban J connectivity index is 4.24. The fourth-order valence-corrected chi connectivity index (χ4v) is 7.26. The smallest absolute Gasteiger partial charge is 0.306 e. The minimum atomic E-state index is -1.12. The third kappa shape index (κ3) is 40.7. The van der Waals surface area contributed by atoms with Gasteiger partial charge in [0, 0.05) is 19.3 Å². The molecule has 0 aromatic rings. The zero-order valence-electron chi connectivity index (χ0n) is 39.2.